The minimum Gasteiger partial charge on any atom is -0.256 e. The predicted octanol–water partition coefficient (Wildman–Crippen LogP) is 9.65. The fraction of sp³-hybridized carbons (Fsp3) is 0.436. The zero-order valence-electron chi connectivity index (χ0n) is 27.6. The number of hydrogen-bond donors (Lipinski definition) is 0. The van der Waals surface area contributed by atoms with Crippen molar-refractivity contribution in [3.63, 3.8) is 0 Å². The SMILES string of the molecule is CC(C)(C)c1cc[c-]c(C(C)(C)c2cccc(C(C)(C)c3cccc(C(C)(C)c4[c-]ccc(C(C)(C)C)c4)n3)n2)c1.[Pt+2]. The summed E-state index contributed by atoms with van der Waals surface area (Å²) in [5, 5.41) is 0. The molecule has 0 atom stereocenters. The minimum atomic E-state index is -0.383. The van der Waals surface area contributed by atoms with Gasteiger partial charge in [-0.05, 0) is 48.9 Å². The van der Waals surface area contributed by atoms with Crippen LogP contribution in [0.2, 0.25) is 0 Å². The summed E-state index contributed by atoms with van der Waals surface area (Å²) in [4.78, 5) is 10.6. The maximum absolute atomic E-state index is 5.28. The summed E-state index contributed by atoms with van der Waals surface area (Å²) >= 11 is 0. The van der Waals surface area contributed by atoms with E-state index in [0.29, 0.717) is 0 Å². The molecule has 0 saturated heterocycles. The molecule has 0 radical (unpaired) electrons. The first-order valence-electron chi connectivity index (χ1n) is 14.9. The maximum atomic E-state index is 5.28. The molecule has 42 heavy (non-hydrogen) atoms. The molecule has 2 aromatic heterocycles. The van der Waals surface area contributed by atoms with E-state index in [1.807, 2.05) is 0 Å². The van der Waals surface area contributed by atoms with Crippen LogP contribution >= 0.6 is 0 Å². The predicted molar refractivity (Wildman–Crippen MR) is 173 cm³/mol. The van der Waals surface area contributed by atoms with Crippen LogP contribution in [0.15, 0.2) is 72.8 Å². The van der Waals surface area contributed by atoms with E-state index in [9.17, 15) is 0 Å². The fourth-order valence-electron chi connectivity index (χ4n) is 5.26. The van der Waals surface area contributed by atoms with Crippen LogP contribution in [-0.2, 0) is 48.1 Å². The molecule has 0 aliphatic carbocycles. The third-order valence-corrected chi connectivity index (χ3v) is 8.74. The van der Waals surface area contributed by atoms with Crippen LogP contribution in [0.25, 0.3) is 0 Å². The molecule has 0 aliphatic rings. The molecule has 0 unspecified atom stereocenters. The van der Waals surface area contributed by atoms with Gasteiger partial charge in [0, 0.05) is 27.6 Å². The molecule has 0 fully saturated rings. The molecule has 2 nitrogen and oxygen atoms in total. The first-order chi connectivity index (χ1) is 18.8. The Bertz CT molecular complexity index is 1420. The monoisotopic (exact) mass is 739 g/mol. The quantitative estimate of drug-likeness (QED) is 0.184. The first-order valence-corrected chi connectivity index (χ1v) is 14.9. The topological polar surface area (TPSA) is 25.8 Å². The van der Waals surface area contributed by atoms with Crippen molar-refractivity contribution in [2.45, 2.75) is 110 Å². The number of benzene rings is 2. The molecule has 0 spiro atoms. The van der Waals surface area contributed by atoms with Crippen molar-refractivity contribution in [3.8, 4) is 0 Å². The zero-order valence-corrected chi connectivity index (χ0v) is 29.9. The molecule has 0 N–H and O–H groups in total. The third kappa shape index (κ3) is 6.81. The molecule has 4 aromatic rings. The van der Waals surface area contributed by atoms with Gasteiger partial charge in [-0.25, -0.2) is 0 Å². The third-order valence-electron chi connectivity index (χ3n) is 8.74. The van der Waals surface area contributed by atoms with Crippen molar-refractivity contribution < 1.29 is 21.1 Å². The minimum absolute atomic E-state index is 0. The van der Waals surface area contributed by atoms with Crippen LogP contribution in [0.3, 0.4) is 0 Å². The molecule has 3 heteroatoms. The normalized spacial score (nSPS) is 13.0. The van der Waals surface area contributed by atoms with Gasteiger partial charge in [-0.1, -0.05) is 81.4 Å². The van der Waals surface area contributed by atoms with Crippen LogP contribution in [0.4, 0.5) is 0 Å². The van der Waals surface area contributed by atoms with E-state index < -0.39 is 0 Å². The van der Waals surface area contributed by atoms with Gasteiger partial charge in [-0.15, -0.1) is 0 Å². The fourth-order valence-corrected chi connectivity index (χ4v) is 5.26. The van der Waals surface area contributed by atoms with E-state index in [2.05, 4.69) is 168 Å². The smallest absolute Gasteiger partial charge is 0.256 e. The summed E-state index contributed by atoms with van der Waals surface area (Å²) in [6.07, 6.45) is 0. The van der Waals surface area contributed by atoms with Gasteiger partial charge >= 0.3 is 21.1 Å². The number of rotatable bonds is 6. The van der Waals surface area contributed by atoms with Gasteiger partial charge < -0.3 is 0 Å². The van der Waals surface area contributed by atoms with Crippen LogP contribution in [-0.4, -0.2) is 9.97 Å². The van der Waals surface area contributed by atoms with E-state index in [1.165, 1.54) is 11.1 Å². The molecule has 0 aliphatic heterocycles. The van der Waals surface area contributed by atoms with Gasteiger partial charge in [0.25, 0.3) is 0 Å². The van der Waals surface area contributed by atoms with E-state index in [0.717, 1.165) is 33.9 Å². The van der Waals surface area contributed by atoms with Gasteiger partial charge in [-0.2, -0.15) is 70.8 Å². The second-order valence-corrected chi connectivity index (χ2v) is 15.2. The van der Waals surface area contributed by atoms with E-state index in [1.54, 1.807) is 0 Å². The molecule has 0 saturated carbocycles. The van der Waals surface area contributed by atoms with Crippen molar-refractivity contribution in [1.29, 1.82) is 0 Å². The Morgan fingerprint density at radius 1 is 0.452 bits per heavy atom. The van der Waals surface area contributed by atoms with Crippen LogP contribution in [0, 0.1) is 12.1 Å². The second-order valence-electron chi connectivity index (χ2n) is 15.2. The first kappa shape index (κ1) is 33.9. The Hall–Kier alpha value is -2.57. The largest absolute Gasteiger partial charge is 2.00 e. The second kappa shape index (κ2) is 11.8. The van der Waals surface area contributed by atoms with E-state index >= 15 is 0 Å². The molecular formula is C39H48N2Pt. The van der Waals surface area contributed by atoms with Crippen LogP contribution < -0.4 is 0 Å². The van der Waals surface area contributed by atoms with Crippen molar-refractivity contribution in [3.05, 3.63) is 130 Å². The van der Waals surface area contributed by atoms with E-state index in [4.69, 9.17) is 9.97 Å². The number of pyridine rings is 2. The summed E-state index contributed by atoms with van der Waals surface area (Å²) in [6, 6.07) is 32.9. The number of nitrogens with zero attached hydrogens (tertiary/aromatic N) is 2. The van der Waals surface area contributed by atoms with Gasteiger partial charge in [0.15, 0.2) is 0 Å². The molecule has 0 bridgehead atoms. The summed E-state index contributed by atoms with van der Waals surface area (Å²) < 4.78 is 0. The Labute approximate surface area is 270 Å². The molecule has 2 heterocycles. The van der Waals surface area contributed by atoms with Gasteiger partial charge in [0.2, 0.25) is 0 Å². The summed E-state index contributed by atoms with van der Waals surface area (Å²) in [6.45, 7) is 26.9. The molecule has 4 rings (SSSR count). The van der Waals surface area contributed by atoms with E-state index in [-0.39, 0.29) is 48.1 Å². The number of aromatic nitrogens is 2. The van der Waals surface area contributed by atoms with Crippen molar-refractivity contribution in [2.24, 2.45) is 0 Å². The Kier molecular flexibility index (Phi) is 9.56. The summed E-state index contributed by atoms with van der Waals surface area (Å²) in [7, 11) is 0. The van der Waals surface area contributed by atoms with Crippen molar-refractivity contribution in [1.82, 2.24) is 9.97 Å². The summed E-state index contributed by atoms with van der Waals surface area (Å²) in [5.74, 6) is 0. The zero-order chi connectivity index (χ0) is 30.4. The van der Waals surface area contributed by atoms with Gasteiger partial charge in [0.05, 0.1) is 11.4 Å². The summed E-state index contributed by atoms with van der Waals surface area (Å²) in [5.41, 5.74) is 8.22. The van der Waals surface area contributed by atoms with Crippen molar-refractivity contribution >= 4 is 0 Å². The average Bonchev–Trinajstić information content (AvgIpc) is 2.92. The molecule has 224 valence electrons. The average molecular weight is 740 g/mol. The molecular weight excluding hydrogens is 692 g/mol. The Morgan fingerprint density at radius 2 is 0.762 bits per heavy atom. The van der Waals surface area contributed by atoms with Crippen LogP contribution in [0.1, 0.15) is 128 Å². The number of hydrogen-bond acceptors (Lipinski definition) is 2. The van der Waals surface area contributed by atoms with Crippen LogP contribution in [0.5, 0.6) is 0 Å². The van der Waals surface area contributed by atoms with Gasteiger partial charge in [-0.3, -0.25) is 9.97 Å². The van der Waals surface area contributed by atoms with Crippen molar-refractivity contribution in [2.75, 3.05) is 0 Å². The maximum Gasteiger partial charge on any atom is 2.00 e. The van der Waals surface area contributed by atoms with Gasteiger partial charge in [0.1, 0.15) is 0 Å². The molecule has 0 amide bonds. The Balaban J connectivity index is 0.00000484. The Morgan fingerprint density at radius 3 is 1.07 bits per heavy atom. The standard InChI is InChI=1S/C39H48N2.Pt/c1-35(2,3)27-17-13-19-29(25-27)37(7,8)31-21-15-23-33(40-31)39(11,12)34-24-16-22-32(41-34)38(9,10)30-20-14-18-28(26-30)36(4,5)6;/h13-18,21-26H,1-12H3;/q-2;+2. The molecule has 2 aromatic carbocycles.